The summed E-state index contributed by atoms with van der Waals surface area (Å²) in [5, 5.41) is 0. The van der Waals surface area contributed by atoms with Gasteiger partial charge in [-0.3, -0.25) is 4.79 Å². The van der Waals surface area contributed by atoms with Crippen LogP contribution in [-0.2, 0) is 33.7 Å². The summed E-state index contributed by atoms with van der Waals surface area (Å²) in [6, 6.07) is 8.48. The van der Waals surface area contributed by atoms with Crippen LogP contribution >= 0.6 is 0 Å². The van der Waals surface area contributed by atoms with Crippen LogP contribution in [0.2, 0.25) is 0 Å². The van der Waals surface area contributed by atoms with Crippen molar-refractivity contribution in [3.8, 4) is 23.0 Å². The van der Waals surface area contributed by atoms with Gasteiger partial charge in [0.25, 0.3) is 0 Å². The first kappa shape index (κ1) is 23.2. The molecular weight excluding hydrogens is 414 g/mol. The smallest absolute Gasteiger partial charge is 0.328 e. The van der Waals surface area contributed by atoms with E-state index < -0.39 is 12.0 Å². The average molecular weight is 443 g/mol. The van der Waals surface area contributed by atoms with Crippen molar-refractivity contribution in [1.82, 2.24) is 4.90 Å². The highest BCUT2D eigenvalue weighted by molar-refractivity contribution is 5.85. The van der Waals surface area contributed by atoms with Crippen molar-refractivity contribution in [3.63, 3.8) is 0 Å². The van der Waals surface area contributed by atoms with Crippen molar-refractivity contribution >= 4 is 11.9 Å². The predicted molar refractivity (Wildman–Crippen MR) is 117 cm³/mol. The molecule has 0 aromatic heterocycles. The van der Waals surface area contributed by atoms with Crippen LogP contribution < -0.4 is 18.9 Å². The van der Waals surface area contributed by atoms with E-state index >= 15 is 0 Å². The number of esters is 1. The normalized spacial score (nSPS) is 14.9. The number of carbonyl (C=O) groups is 2. The fourth-order valence-electron chi connectivity index (χ4n) is 3.98. The molecule has 8 heteroatoms. The minimum atomic E-state index is -0.703. The average Bonchev–Trinajstić information content (AvgIpc) is 2.84. The van der Waals surface area contributed by atoms with Crippen LogP contribution in [0.25, 0.3) is 0 Å². The van der Waals surface area contributed by atoms with Gasteiger partial charge >= 0.3 is 5.97 Å². The molecule has 1 amide bonds. The van der Waals surface area contributed by atoms with Crippen LogP contribution in [-0.4, -0.2) is 58.4 Å². The number of ether oxygens (including phenoxy) is 5. The van der Waals surface area contributed by atoms with Gasteiger partial charge in [0.1, 0.15) is 17.5 Å². The zero-order valence-corrected chi connectivity index (χ0v) is 19.1. The number of hydrogen-bond acceptors (Lipinski definition) is 7. The Bertz CT molecular complexity index is 989. The topological polar surface area (TPSA) is 83.5 Å². The Labute approximate surface area is 188 Å². The van der Waals surface area contributed by atoms with E-state index in [1.165, 1.54) is 7.11 Å². The number of amides is 1. The van der Waals surface area contributed by atoms with Gasteiger partial charge in [0.05, 0.1) is 35.5 Å². The maximum Gasteiger partial charge on any atom is 0.328 e. The fourth-order valence-corrected chi connectivity index (χ4v) is 3.98. The standard InChI is InChI=1S/C24H29NO7/c1-28-18-7-8-20(29-2)15(10-18)6-9-23(26)25-14-17-13-22(31-4)21(30-3)12-16(17)11-19(25)24(27)32-5/h7-8,10,12-13,19H,6,9,11,14H2,1-5H3. The van der Waals surface area contributed by atoms with Gasteiger partial charge in [-0.2, -0.15) is 0 Å². The molecule has 3 rings (SSSR count). The van der Waals surface area contributed by atoms with Crippen molar-refractivity contribution in [3.05, 3.63) is 47.0 Å². The van der Waals surface area contributed by atoms with E-state index in [1.807, 2.05) is 24.3 Å². The summed E-state index contributed by atoms with van der Waals surface area (Å²) in [6.07, 6.45) is 0.999. The molecule has 172 valence electrons. The van der Waals surface area contributed by atoms with Crippen molar-refractivity contribution in [1.29, 1.82) is 0 Å². The van der Waals surface area contributed by atoms with Gasteiger partial charge in [-0.25, -0.2) is 4.79 Å². The zero-order valence-electron chi connectivity index (χ0n) is 19.1. The summed E-state index contributed by atoms with van der Waals surface area (Å²) in [4.78, 5) is 27.3. The second-order valence-electron chi connectivity index (χ2n) is 7.42. The lowest BCUT2D eigenvalue weighted by molar-refractivity contribution is -0.154. The van der Waals surface area contributed by atoms with Crippen LogP contribution in [0.4, 0.5) is 0 Å². The molecule has 1 aliphatic heterocycles. The maximum atomic E-state index is 13.2. The van der Waals surface area contributed by atoms with Crippen LogP contribution in [0, 0.1) is 0 Å². The van der Waals surface area contributed by atoms with Crippen molar-refractivity contribution < 1.29 is 33.3 Å². The Morgan fingerprint density at radius 3 is 2.12 bits per heavy atom. The lowest BCUT2D eigenvalue weighted by Gasteiger charge is -2.35. The fraction of sp³-hybridized carbons (Fsp3) is 0.417. The Morgan fingerprint density at radius 2 is 1.53 bits per heavy atom. The monoisotopic (exact) mass is 443 g/mol. The van der Waals surface area contributed by atoms with E-state index in [4.69, 9.17) is 23.7 Å². The summed E-state index contributed by atoms with van der Waals surface area (Å²) in [5.74, 6) is 1.94. The first-order valence-corrected chi connectivity index (χ1v) is 10.3. The Kier molecular flexibility index (Phi) is 7.45. The number of rotatable bonds is 8. The SMILES string of the molecule is COC(=O)C1Cc2cc(OC)c(OC)cc2CN1C(=O)CCc1cc(OC)ccc1OC. The molecule has 0 N–H and O–H groups in total. The number of benzene rings is 2. The molecule has 32 heavy (non-hydrogen) atoms. The summed E-state index contributed by atoms with van der Waals surface area (Å²) in [6.45, 7) is 0.281. The van der Waals surface area contributed by atoms with E-state index in [0.717, 1.165) is 16.7 Å². The van der Waals surface area contributed by atoms with Gasteiger partial charge in [-0.15, -0.1) is 0 Å². The molecule has 1 unspecified atom stereocenters. The van der Waals surface area contributed by atoms with Crippen LogP contribution in [0.15, 0.2) is 30.3 Å². The van der Waals surface area contributed by atoms with Gasteiger partial charge in [-0.1, -0.05) is 0 Å². The van der Waals surface area contributed by atoms with Crippen LogP contribution in [0.5, 0.6) is 23.0 Å². The molecule has 0 saturated carbocycles. The molecule has 0 aliphatic carbocycles. The van der Waals surface area contributed by atoms with Gasteiger partial charge in [0.15, 0.2) is 11.5 Å². The third-order valence-electron chi connectivity index (χ3n) is 5.73. The number of methoxy groups -OCH3 is 5. The Balaban J connectivity index is 1.85. The number of nitrogens with zero attached hydrogens (tertiary/aromatic N) is 1. The van der Waals surface area contributed by atoms with Crippen molar-refractivity contribution in [2.75, 3.05) is 35.5 Å². The third kappa shape index (κ3) is 4.74. The second-order valence-corrected chi connectivity index (χ2v) is 7.42. The maximum absolute atomic E-state index is 13.2. The van der Waals surface area contributed by atoms with Gasteiger partial charge < -0.3 is 28.6 Å². The number of fused-ring (bicyclic) bond motifs is 1. The number of hydrogen-bond donors (Lipinski definition) is 0. The van der Waals surface area contributed by atoms with Gasteiger partial charge in [0, 0.05) is 19.4 Å². The number of aryl methyl sites for hydroxylation is 1. The molecule has 0 bridgehead atoms. The molecule has 2 aromatic carbocycles. The molecule has 0 spiro atoms. The highest BCUT2D eigenvalue weighted by Gasteiger charge is 2.36. The molecule has 8 nitrogen and oxygen atoms in total. The highest BCUT2D eigenvalue weighted by atomic mass is 16.5. The summed E-state index contributed by atoms with van der Waals surface area (Å²) in [5.41, 5.74) is 2.70. The lowest BCUT2D eigenvalue weighted by Crippen LogP contribution is -2.49. The quantitative estimate of drug-likeness (QED) is 0.580. The van der Waals surface area contributed by atoms with Crippen LogP contribution in [0.1, 0.15) is 23.1 Å². The summed E-state index contributed by atoms with van der Waals surface area (Å²) < 4.78 is 26.5. The van der Waals surface area contributed by atoms with Gasteiger partial charge in [-0.05, 0) is 53.4 Å². The highest BCUT2D eigenvalue weighted by Crippen LogP contribution is 2.35. The molecular formula is C24H29NO7. The Hall–Kier alpha value is -3.42. The predicted octanol–water partition coefficient (Wildman–Crippen LogP) is 2.78. The molecule has 1 atom stereocenters. The Morgan fingerprint density at radius 1 is 0.875 bits per heavy atom. The first-order chi connectivity index (χ1) is 15.4. The molecule has 1 aliphatic rings. The van der Waals surface area contributed by atoms with Crippen molar-refractivity contribution in [2.45, 2.75) is 31.8 Å². The number of carbonyl (C=O) groups excluding carboxylic acids is 2. The molecule has 1 heterocycles. The molecule has 0 fully saturated rings. The second kappa shape index (κ2) is 10.3. The van der Waals surface area contributed by atoms with Gasteiger partial charge in [0.2, 0.25) is 5.91 Å². The van der Waals surface area contributed by atoms with Crippen molar-refractivity contribution in [2.24, 2.45) is 0 Å². The van der Waals surface area contributed by atoms with E-state index in [-0.39, 0.29) is 18.9 Å². The summed E-state index contributed by atoms with van der Waals surface area (Å²) in [7, 11) is 7.63. The molecule has 0 saturated heterocycles. The lowest BCUT2D eigenvalue weighted by atomic mass is 9.92. The minimum absolute atomic E-state index is 0.147. The van der Waals surface area contributed by atoms with E-state index in [0.29, 0.717) is 35.8 Å². The van der Waals surface area contributed by atoms with Crippen LogP contribution in [0.3, 0.4) is 0 Å². The zero-order chi connectivity index (χ0) is 23.3. The van der Waals surface area contributed by atoms with E-state index in [9.17, 15) is 9.59 Å². The van der Waals surface area contributed by atoms with E-state index in [1.54, 1.807) is 39.4 Å². The molecule has 2 aromatic rings. The largest absolute Gasteiger partial charge is 0.497 e. The first-order valence-electron chi connectivity index (χ1n) is 10.3. The summed E-state index contributed by atoms with van der Waals surface area (Å²) >= 11 is 0. The third-order valence-corrected chi connectivity index (χ3v) is 5.73. The molecule has 0 radical (unpaired) electrons. The minimum Gasteiger partial charge on any atom is -0.497 e. The van der Waals surface area contributed by atoms with E-state index in [2.05, 4.69) is 0 Å².